The van der Waals surface area contributed by atoms with Crippen molar-refractivity contribution in [2.24, 2.45) is 11.8 Å². The monoisotopic (exact) mass is 501 g/mol. The Morgan fingerprint density at radius 1 is 1.25 bits per heavy atom. The van der Waals surface area contributed by atoms with E-state index >= 15 is 0 Å². The molecule has 1 saturated heterocycles. The predicted molar refractivity (Wildman–Crippen MR) is 119 cm³/mol. The lowest BCUT2D eigenvalue weighted by atomic mass is 10.2. The number of nitrogens with zero attached hydrogens (tertiary/aromatic N) is 2. The summed E-state index contributed by atoms with van der Waals surface area (Å²) < 4.78 is 0. The van der Waals surface area contributed by atoms with E-state index in [4.69, 9.17) is 28.3 Å². The molecule has 0 bridgehead atoms. The molecule has 0 aromatic carbocycles. The van der Waals surface area contributed by atoms with Crippen LogP contribution in [0, 0.1) is 18.8 Å². The first kappa shape index (κ1) is 22.8. The fourth-order valence-electron chi connectivity index (χ4n) is 4.02. The Labute approximate surface area is 196 Å². The first-order chi connectivity index (χ1) is 15.2. The summed E-state index contributed by atoms with van der Waals surface area (Å²) in [7, 11) is 0. The number of carboxylic acids is 1. The van der Waals surface area contributed by atoms with Crippen LogP contribution < -0.4 is 15.5 Å². The molecule has 1 saturated carbocycles. The highest BCUT2D eigenvalue weighted by Crippen LogP contribution is 2.48. The maximum absolute atomic E-state index is 12.5. The van der Waals surface area contributed by atoms with Crippen LogP contribution in [0.1, 0.15) is 31.5 Å². The fourth-order valence-corrected chi connectivity index (χ4v) is 5.38. The zero-order valence-electron chi connectivity index (χ0n) is 16.9. The number of anilines is 1. The average Bonchev–Trinajstić information content (AvgIpc) is 3.13. The smallest absolute Gasteiger partial charge is 0.347 e. The van der Waals surface area contributed by atoms with Crippen LogP contribution in [0.5, 0.6) is 0 Å². The molecule has 3 heterocycles. The van der Waals surface area contributed by atoms with Gasteiger partial charge in [-0.05, 0) is 6.92 Å². The summed E-state index contributed by atoms with van der Waals surface area (Å²) in [5.74, 6) is -1.40. The number of aromatic amines is 1. The van der Waals surface area contributed by atoms with Crippen molar-refractivity contribution in [3.8, 4) is 0 Å². The van der Waals surface area contributed by atoms with E-state index < -0.39 is 11.9 Å². The Balaban J connectivity index is 1.37. The fraction of sp³-hybridized carbons (Fsp3) is 0.474. The van der Waals surface area contributed by atoms with Gasteiger partial charge in [-0.25, -0.2) is 9.78 Å². The third-order valence-corrected chi connectivity index (χ3v) is 7.78. The zero-order chi connectivity index (χ0) is 23.2. The maximum atomic E-state index is 12.5. The summed E-state index contributed by atoms with van der Waals surface area (Å²) in [5, 5.41) is 24.8. The number of aliphatic hydroxyl groups is 1. The van der Waals surface area contributed by atoms with E-state index in [0.717, 1.165) is 11.3 Å². The largest absolute Gasteiger partial charge is 0.477 e. The summed E-state index contributed by atoms with van der Waals surface area (Å²) in [6, 6.07) is -0.000153. The van der Waals surface area contributed by atoms with Crippen molar-refractivity contribution in [2.75, 3.05) is 31.1 Å². The third-order valence-electron chi connectivity index (χ3n) is 5.69. The van der Waals surface area contributed by atoms with Crippen molar-refractivity contribution in [2.45, 2.75) is 19.4 Å². The van der Waals surface area contributed by atoms with E-state index in [9.17, 15) is 19.5 Å². The van der Waals surface area contributed by atoms with Crippen molar-refractivity contribution < 1.29 is 24.6 Å². The van der Waals surface area contributed by atoms with Gasteiger partial charge in [0.1, 0.15) is 10.6 Å². The second-order valence-corrected chi connectivity index (χ2v) is 9.55. The number of fused-ring (bicyclic) bond motifs is 1. The number of aryl methyl sites for hydroxylation is 1. The quantitative estimate of drug-likeness (QED) is 0.366. The average molecular weight is 502 g/mol. The molecule has 2 aromatic rings. The second-order valence-electron chi connectivity index (χ2n) is 7.81. The minimum absolute atomic E-state index is 0.000153. The Morgan fingerprint density at radius 3 is 2.50 bits per heavy atom. The summed E-state index contributed by atoms with van der Waals surface area (Å²) in [6.45, 7) is 2.88. The summed E-state index contributed by atoms with van der Waals surface area (Å²) in [5.41, 5.74) is 1.07. The van der Waals surface area contributed by atoms with E-state index in [-0.39, 0.29) is 64.6 Å². The lowest BCUT2D eigenvalue weighted by Crippen LogP contribution is -2.35. The number of carboxylic acid groups (broad SMARTS) is 1. The molecule has 2 aliphatic rings. The van der Waals surface area contributed by atoms with E-state index in [0.29, 0.717) is 28.9 Å². The second kappa shape index (κ2) is 8.89. The van der Waals surface area contributed by atoms with Crippen LogP contribution in [-0.2, 0) is 11.2 Å². The summed E-state index contributed by atoms with van der Waals surface area (Å²) in [4.78, 5) is 45.3. The highest BCUT2D eigenvalue weighted by Gasteiger charge is 2.57. The Hall–Kier alpha value is -2.34. The van der Waals surface area contributed by atoms with Gasteiger partial charge in [0.25, 0.3) is 5.91 Å². The Kier molecular flexibility index (Phi) is 6.35. The van der Waals surface area contributed by atoms with Crippen LogP contribution in [0.25, 0.3) is 0 Å². The van der Waals surface area contributed by atoms with Crippen molar-refractivity contribution in [3.63, 3.8) is 0 Å². The van der Waals surface area contributed by atoms with E-state index in [1.807, 2.05) is 4.90 Å². The number of rotatable bonds is 8. The normalized spacial score (nSPS) is 21.4. The van der Waals surface area contributed by atoms with Crippen LogP contribution >= 0.6 is 34.5 Å². The van der Waals surface area contributed by atoms with Gasteiger partial charge in [0, 0.05) is 43.2 Å². The molecule has 172 valence electrons. The Morgan fingerprint density at radius 2 is 1.94 bits per heavy atom. The van der Waals surface area contributed by atoms with Crippen molar-refractivity contribution >= 4 is 57.5 Å². The molecule has 0 radical (unpaired) electrons. The number of H-pyrrole nitrogens is 1. The SMILES string of the molecule is Cc1[nH]c(C(=O)N[C@H]2[C@@H]3CN(c4nc(CC(=O)NCCO)c(C(=O)O)s4)C[C@@H]32)c(Cl)c1Cl. The number of carbonyl (C=O) groups is 3. The van der Waals surface area contributed by atoms with Gasteiger partial charge in [-0.3, -0.25) is 9.59 Å². The number of carbonyl (C=O) groups excluding carboxylic acids is 2. The van der Waals surface area contributed by atoms with Gasteiger partial charge in [-0.1, -0.05) is 34.5 Å². The number of hydrogen-bond donors (Lipinski definition) is 5. The topological polar surface area (TPSA) is 148 Å². The number of halogens is 2. The van der Waals surface area contributed by atoms with Gasteiger partial charge in [-0.15, -0.1) is 0 Å². The van der Waals surface area contributed by atoms with E-state index in [1.54, 1.807) is 6.92 Å². The molecule has 2 aromatic heterocycles. The molecule has 0 unspecified atom stereocenters. The van der Waals surface area contributed by atoms with Crippen molar-refractivity contribution in [1.82, 2.24) is 20.6 Å². The number of piperidine rings is 1. The number of nitrogens with one attached hydrogen (secondary N) is 3. The minimum Gasteiger partial charge on any atom is -0.477 e. The van der Waals surface area contributed by atoms with Gasteiger partial charge in [0.2, 0.25) is 5.91 Å². The lowest BCUT2D eigenvalue weighted by molar-refractivity contribution is -0.120. The van der Waals surface area contributed by atoms with Crippen LogP contribution in [-0.4, -0.2) is 70.2 Å². The molecule has 1 aliphatic heterocycles. The number of aliphatic hydroxyl groups excluding tert-OH is 1. The van der Waals surface area contributed by atoms with Crippen molar-refractivity contribution in [3.05, 3.63) is 32.0 Å². The highest BCUT2D eigenvalue weighted by atomic mass is 35.5. The molecule has 13 heteroatoms. The number of hydrogen-bond acceptors (Lipinski definition) is 7. The van der Waals surface area contributed by atoms with E-state index in [1.165, 1.54) is 0 Å². The van der Waals surface area contributed by atoms with Gasteiger partial charge in [0.15, 0.2) is 5.13 Å². The van der Waals surface area contributed by atoms with Crippen LogP contribution in [0.2, 0.25) is 10.0 Å². The number of thiazole rings is 1. The molecule has 32 heavy (non-hydrogen) atoms. The minimum atomic E-state index is -1.13. The zero-order valence-corrected chi connectivity index (χ0v) is 19.3. The first-order valence-electron chi connectivity index (χ1n) is 9.91. The molecule has 10 nitrogen and oxygen atoms in total. The van der Waals surface area contributed by atoms with Crippen molar-refractivity contribution in [1.29, 1.82) is 0 Å². The Bertz CT molecular complexity index is 1070. The number of amides is 2. The van der Waals surface area contributed by atoms with Gasteiger partial charge < -0.3 is 30.7 Å². The van der Waals surface area contributed by atoms with Gasteiger partial charge in [0.05, 0.1) is 28.8 Å². The molecule has 3 atom stereocenters. The lowest BCUT2D eigenvalue weighted by Gasteiger charge is -2.19. The van der Waals surface area contributed by atoms with Crippen LogP contribution in [0.4, 0.5) is 5.13 Å². The maximum Gasteiger partial charge on any atom is 0.347 e. The van der Waals surface area contributed by atoms with E-state index in [2.05, 4.69) is 20.6 Å². The highest BCUT2D eigenvalue weighted by molar-refractivity contribution is 7.17. The number of aromatic nitrogens is 2. The molecule has 2 fully saturated rings. The summed E-state index contributed by atoms with van der Waals surface area (Å²) >= 11 is 13.2. The van der Waals surface area contributed by atoms with Crippen LogP contribution in [0.3, 0.4) is 0 Å². The molecule has 5 N–H and O–H groups in total. The molecule has 2 amide bonds. The molecular weight excluding hydrogens is 481 g/mol. The number of aromatic carboxylic acids is 1. The molecular formula is C19H21Cl2N5O5S. The first-order valence-corrected chi connectivity index (χ1v) is 11.5. The van der Waals surface area contributed by atoms with Crippen LogP contribution in [0.15, 0.2) is 0 Å². The van der Waals surface area contributed by atoms with Gasteiger partial charge in [-0.2, -0.15) is 0 Å². The van der Waals surface area contributed by atoms with Gasteiger partial charge >= 0.3 is 5.97 Å². The molecule has 0 spiro atoms. The predicted octanol–water partition coefficient (Wildman–Crippen LogP) is 1.30. The summed E-state index contributed by atoms with van der Waals surface area (Å²) in [6.07, 6.45) is -0.170. The third kappa shape index (κ3) is 4.29. The molecule has 1 aliphatic carbocycles. The molecule has 4 rings (SSSR count). The standard InChI is InChI=1S/C19H21Cl2N5O5S/c1-7-12(20)13(21)15(23-7)17(29)25-14-8-5-26(6-9(8)14)19-24-10(16(32-19)18(30)31)4-11(28)22-2-3-27/h8-9,14,23,27H,2-6H2,1H3,(H,22,28)(H,25,29)(H,30,31)/t8-,9+,14+.